The monoisotopic (exact) mass is 455 g/mol. The van der Waals surface area contributed by atoms with Crippen LogP contribution < -0.4 is 9.64 Å². The van der Waals surface area contributed by atoms with Gasteiger partial charge in [0.05, 0.1) is 18.2 Å². The van der Waals surface area contributed by atoms with Crippen molar-refractivity contribution in [2.24, 2.45) is 0 Å². The Bertz CT molecular complexity index is 1240. The molecule has 1 amide bonds. The SMILES string of the molecule is CCOc1cccc(/C(O)=C2/C(=O)C(=O)N(c3ccccc3)C2c2ccc(C(C)(C)C)cc2)c1. The fraction of sp³-hybridized carbons (Fsp3) is 0.241. The highest BCUT2D eigenvalue weighted by Gasteiger charge is 2.47. The van der Waals surface area contributed by atoms with Gasteiger partial charge in [0.1, 0.15) is 11.5 Å². The van der Waals surface area contributed by atoms with Gasteiger partial charge in [-0.3, -0.25) is 14.5 Å². The molecular formula is C29H29NO4. The summed E-state index contributed by atoms with van der Waals surface area (Å²) in [6, 6.07) is 23.1. The van der Waals surface area contributed by atoms with E-state index in [1.54, 1.807) is 36.4 Å². The lowest BCUT2D eigenvalue weighted by atomic mass is 9.85. The number of para-hydroxylation sites is 1. The number of aliphatic hydroxyl groups excluding tert-OH is 1. The second-order valence-electron chi connectivity index (χ2n) is 9.34. The number of anilines is 1. The smallest absolute Gasteiger partial charge is 0.300 e. The number of hydrogen-bond donors (Lipinski definition) is 1. The minimum Gasteiger partial charge on any atom is -0.507 e. The first kappa shape index (κ1) is 23.3. The Morgan fingerprint density at radius 2 is 1.62 bits per heavy atom. The van der Waals surface area contributed by atoms with E-state index in [-0.39, 0.29) is 16.7 Å². The molecule has 3 aromatic carbocycles. The van der Waals surface area contributed by atoms with Crippen molar-refractivity contribution in [2.45, 2.75) is 39.2 Å². The van der Waals surface area contributed by atoms with E-state index >= 15 is 0 Å². The van der Waals surface area contributed by atoms with Crippen LogP contribution in [0.3, 0.4) is 0 Å². The average Bonchev–Trinajstić information content (AvgIpc) is 3.09. The summed E-state index contributed by atoms with van der Waals surface area (Å²) in [5.74, 6) is -1.02. The van der Waals surface area contributed by atoms with Crippen molar-refractivity contribution in [3.63, 3.8) is 0 Å². The molecule has 1 saturated heterocycles. The third kappa shape index (κ3) is 4.34. The van der Waals surface area contributed by atoms with E-state index in [1.807, 2.05) is 49.4 Å². The molecule has 1 atom stereocenters. The molecule has 5 heteroatoms. The van der Waals surface area contributed by atoms with E-state index < -0.39 is 17.7 Å². The van der Waals surface area contributed by atoms with Crippen molar-refractivity contribution < 1.29 is 19.4 Å². The largest absolute Gasteiger partial charge is 0.507 e. The second-order valence-corrected chi connectivity index (χ2v) is 9.34. The molecule has 5 nitrogen and oxygen atoms in total. The molecule has 1 heterocycles. The summed E-state index contributed by atoms with van der Waals surface area (Å²) in [5, 5.41) is 11.3. The van der Waals surface area contributed by atoms with Gasteiger partial charge in [-0.2, -0.15) is 0 Å². The van der Waals surface area contributed by atoms with Crippen LogP contribution in [0.2, 0.25) is 0 Å². The summed E-state index contributed by atoms with van der Waals surface area (Å²) >= 11 is 0. The number of aliphatic hydroxyl groups is 1. The van der Waals surface area contributed by atoms with Crippen molar-refractivity contribution in [3.8, 4) is 5.75 Å². The Morgan fingerprint density at radius 3 is 2.24 bits per heavy atom. The summed E-state index contributed by atoms with van der Waals surface area (Å²) in [6.07, 6.45) is 0. The molecule has 0 aliphatic carbocycles. The predicted octanol–water partition coefficient (Wildman–Crippen LogP) is 6.01. The maximum Gasteiger partial charge on any atom is 0.300 e. The van der Waals surface area contributed by atoms with E-state index in [0.717, 1.165) is 11.1 Å². The molecule has 1 N–H and O–H groups in total. The minimum atomic E-state index is -0.757. The van der Waals surface area contributed by atoms with Crippen LogP contribution in [0.4, 0.5) is 5.69 Å². The van der Waals surface area contributed by atoms with E-state index in [4.69, 9.17) is 4.74 Å². The maximum absolute atomic E-state index is 13.3. The van der Waals surface area contributed by atoms with Crippen LogP contribution in [-0.2, 0) is 15.0 Å². The quantitative estimate of drug-likeness (QED) is 0.291. The molecule has 34 heavy (non-hydrogen) atoms. The summed E-state index contributed by atoms with van der Waals surface area (Å²) in [6.45, 7) is 8.73. The number of carbonyl (C=O) groups is 2. The standard InChI is InChI=1S/C29H29NO4/c1-5-34-23-13-9-10-20(18-23)26(31)24-25(19-14-16-21(17-15-19)29(2,3)4)30(28(33)27(24)32)22-11-7-6-8-12-22/h6-18,25,31H,5H2,1-4H3/b26-24-. The van der Waals surface area contributed by atoms with Crippen LogP contribution >= 0.6 is 0 Å². The number of rotatable bonds is 5. The molecule has 0 spiro atoms. The zero-order valence-corrected chi connectivity index (χ0v) is 19.9. The molecule has 0 aromatic heterocycles. The molecule has 0 bridgehead atoms. The zero-order chi connectivity index (χ0) is 24.5. The number of ketones is 1. The maximum atomic E-state index is 13.3. The lowest BCUT2D eigenvalue weighted by molar-refractivity contribution is -0.132. The predicted molar refractivity (Wildman–Crippen MR) is 134 cm³/mol. The number of benzene rings is 3. The van der Waals surface area contributed by atoms with Crippen LogP contribution in [0.1, 0.15) is 50.4 Å². The minimum absolute atomic E-state index is 0.0422. The van der Waals surface area contributed by atoms with Gasteiger partial charge in [0.2, 0.25) is 0 Å². The van der Waals surface area contributed by atoms with E-state index in [2.05, 4.69) is 20.8 Å². The van der Waals surface area contributed by atoms with Gasteiger partial charge >= 0.3 is 0 Å². The third-order valence-electron chi connectivity index (χ3n) is 5.99. The summed E-state index contributed by atoms with van der Waals surface area (Å²) in [7, 11) is 0. The number of nitrogens with zero attached hydrogens (tertiary/aromatic N) is 1. The molecule has 4 rings (SSSR count). The molecule has 1 aliphatic rings. The Hall–Kier alpha value is -3.86. The van der Waals surface area contributed by atoms with E-state index in [0.29, 0.717) is 23.6 Å². The molecule has 174 valence electrons. The Kier molecular flexibility index (Phi) is 6.29. The lowest BCUT2D eigenvalue weighted by Gasteiger charge is -2.26. The summed E-state index contributed by atoms with van der Waals surface area (Å²) in [4.78, 5) is 28.0. The highest BCUT2D eigenvalue weighted by Crippen LogP contribution is 2.42. The third-order valence-corrected chi connectivity index (χ3v) is 5.99. The van der Waals surface area contributed by atoms with Crippen LogP contribution in [0, 0.1) is 0 Å². The van der Waals surface area contributed by atoms with Gasteiger partial charge in [0.15, 0.2) is 0 Å². The first-order valence-electron chi connectivity index (χ1n) is 11.4. The van der Waals surface area contributed by atoms with Gasteiger partial charge in [0.25, 0.3) is 11.7 Å². The van der Waals surface area contributed by atoms with Gasteiger partial charge in [-0.05, 0) is 47.7 Å². The fourth-order valence-electron chi connectivity index (χ4n) is 4.22. The summed E-state index contributed by atoms with van der Waals surface area (Å²) < 4.78 is 5.56. The number of hydrogen-bond acceptors (Lipinski definition) is 4. The Labute approximate surface area is 200 Å². The molecule has 0 saturated carbocycles. The fourth-order valence-corrected chi connectivity index (χ4v) is 4.22. The molecule has 1 fully saturated rings. The average molecular weight is 456 g/mol. The van der Waals surface area contributed by atoms with Crippen molar-refractivity contribution in [2.75, 3.05) is 11.5 Å². The Morgan fingerprint density at radius 1 is 0.941 bits per heavy atom. The normalized spacial score (nSPS) is 17.8. The van der Waals surface area contributed by atoms with Gasteiger partial charge in [-0.25, -0.2) is 0 Å². The molecular weight excluding hydrogens is 426 g/mol. The highest BCUT2D eigenvalue weighted by atomic mass is 16.5. The van der Waals surface area contributed by atoms with Crippen molar-refractivity contribution in [1.82, 2.24) is 0 Å². The number of amides is 1. The number of ether oxygens (including phenoxy) is 1. The van der Waals surface area contributed by atoms with Gasteiger partial charge in [0, 0.05) is 11.3 Å². The number of carbonyl (C=O) groups excluding carboxylic acids is 2. The van der Waals surface area contributed by atoms with E-state index in [9.17, 15) is 14.7 Å². The molecule has 1 unspecified atom stereocenters. The van der Waals surface area contributed by atoms with Gasteiger partial charge in [-0.1, -0.05) is 75.4 Å². The zero-order valence-electron chi connectivity index (χ0n) is 19.9. The number of Topliss-reactive ketones (excluding diaryl/α,β-unsaturated/α-hetero) is 1. The topological polar surface area (TPSA) is 66.8 Å². The van der Waals surface area contributed by atoms with Gasteiger partial charge in [-0.15, -0.1) is 0 Å². The van der Waals surface area contributed by atoms with Crippen LogP contribution in [0.15, 0.2) is 84.4 Å². The van der Waals surface area contributed by atoms with Crippen LogP contribution in [0.25, 0.3) is 5.76 Å². The summed E-state index contributed by atoms with van der Waals surface area (Å²) in [5.41, 5.74) is 2.92. The van der Waals surface area contributed by atoms with Crippen LogP contribution in [0.5, 0.6) is 5.75 Å². The second kappa shape index (κ2) is 9.18. The molecule has 3 aromatic rings. The molecule has 0 radical (unpaired) electrons. The van der Waals surface area contributed by atoms with Crippen molar-refractivity contribution in [3.05, 3.63) is 101 Å². The van der Waals surface area contributed by atoms with Gasteiger partial charge < -0.3 is 9.84 Å². The van der Waals surface area contributed by atoms with E-state index in [1.165, 1.54) is 4.90 Å². The highest BCUT2D eigenvalue weighted by molar-refractivity contribution is 6.51. The van der Waals surface area contributed by atoms with Crippen molar-refractivity contribution >= 4 is 23.1 Å². The lowest BCUT2D eigenvalue weighted by Crippen LogP contribution is -2.29. The van der Waals surface area contributed by atoms with Crippen molar-refractivity contribution in [1.29, 1.82) is 0 Å². The Balaban J connectivity index is 1.90. The first-order valence-corrected chi connectivity index (χ1v) is 11.4. The molecule has 1 aliphatic heterocycles. The van der Waals surface area contributed by atoms with Crippen LogP contribution in [-0.4, -0.2) is 23.4 Å². The first-order chi connectivity index (χ1) is 16.2.